The molecule has 0 aromatic heterocycles. The van der Waals surface area contributed by atoms with Crippen LogP contribution in [0.25, 0.3) is 0 Å². The van der Waals surface area contributed by atoms with E-state index in [1.807, 2.05) is 0 Å². The molecule has 3 aliphatic heterocycles. The molecule has 2 bridgehead atoms. The molecular weight excluding hydrogens is 397 g/mol. The van der Waals surface area contributed by atoms with E-state index in [2.05, 4.69) is 32.6 Å². The first-order chi connectivity index (χ1) is 9.26. The molecule has 0 aliphatic carbocycles. The molecule has 114 valence electrons. The molecule has 8 heteroatoms. The summed E-state index contributed by atoms with van der Waals surface area (Å²) in [6.45, 7) is 11.4. The zero-order valence-electron chi connectivity index (χ0n) is 12.9. The van der Waals surface area contributed by atoms with E-state index in [9.17, 15) is 4.21 Å². The lowest BCUT2D eigenvalue weighted by Gasteiger charge is -2.45. The van der Waals surface area contributed by atoms with Gasteiger partial charge in [0.15, 0.2) is 1.12 Å². The predicted molar refractivity (Wildman–Crippen MR) is 87.9 cm³/mol. The third kappa shape index (κ3) is 5.68. The van der Waals surface area contributed by atoms with Crippen molar-refractivity contribution in [2.24, 2.45) is 0 Å². The molecule has 0 radical (unpaired) electrons. The van der Waals surface area contributed by atoms with E-state index in [4.69, 9.17) is 14.4 Å². The van der Waals surface area contributed by atoms with Gasteiger partial charge in [0, 0.05) is 46.9 Å². The normalized spacial score (nSPS) is 45.0. The van der Waals surface area contributed by atoms with Crippen LogP contribution in [-0.2, 0) is 22.0 Å². The standard InChI is InChI=1S/C11H23NO3Si.HIOS/c1-5-16-13-9(2)6-12(7-10(3)14-16)8-11(4)15-16;1-3-2/h9-11H,5-8H2,1-4H3;3H/i;3T. The molecule has 0 N–H and O–H groups in total. The average Bonchev–Trinajstić information content (AvgIpc) is 2.23. The van der Waals surface area contributed by atoms with Gasteiger partial charge in [-0.25, -0.2) is 0 Å². The Morgan fingerprint density at radius 2 is 1.53 bits per heavy atom. The van der Waals surface area contributed by atoms with E-state index in [-0.39, 0.29) is 18.3 Å². The second-order valence-electron chi connectivity index (χ2n) is 5.10. The lowest BCUT2D eigenvalue weighted by molar-refractivity contribution is -0.0783. The largest absolute Gasteiger partial charge is 0.501 e. The Morgan fingerprint density at radius 1 is 1.21 bits per heavy atom. The fourth-order valence-electron chi connectivity index (χ4n) is 2.68. The number of rotatable bonds is 1. The number of fused-ring (bicyclic) bond motifs is 6. The first-order valence-corrected chi connectivity index (χ1v) is 11.8. The van der Waals surface area contributed by atoms with Crippen LogP contribution in [-0.4, -0.2) is 57.0 Å². The van der Waals surface area contributed by atoms with E-state index in [0.29, 0.717) is 0 Å². The molecule has 4 unspecified atom stereocenters. The average molecular weight is 423 g/mol. The summed E-state index contributed by atoms with van der Waals surface area (Å²) in [6, 6.07) is 0.867. The molecule has 0 saturated carbocycles. The summed E-state index contributed by atoms with van der Waals surface area (Å²) in [6.07, 6.45) is 0.643. The quantitative estimate of drug-likeness (QED) is 0.302. The second-order valence-corrected chi connectivity index (χ2v) is 9.09. The molecule has 3 heterocycles. The molecule has 0 amide bonds. The number of hydrogen-bond acceptors (Lipinski definition) is 5. The Balaban J connectivity index is 0.000000444. The fraction of sp³-hybridized carbons (Fsp3) is 1.00. The Morgan fingerprint density at radius 3 is 1.79 bits per heavy atom. The van der Waals surface area contributed by atoms with E-state index in [1.54, 1.807) is 0 Å². The first-order valence-electron chi connectivity index (χ1n) is 7.01. The fourth-order valence-corrected chi connectivity index (χ4v) is 5.41. The van der Waals surface area contributed by atoms with Crippen LogP contribution in [0.2, 0.25) is 6.04 Å². The molecule has 3 aliphatic rings. The molecule has 5 nitrogen and oxygen atoms in total. The lowest BCUT2D eigenvalue weighted by atomic mass is 10.2. The topological polar surface area (TPSA) is 48.0 Å². The van der Waals surface area contributed by atoms with Crippen molar-refractivity contribution in [3.8, 4) is 0 Å². The summed E-state index contributed by atoms with van der Waals surface area (Å²) < 4.78 is 33.5. The van der Waals surface area contributed by atoms with Gasteiger partial charge in [-0.3, -0.25) is 9.11 Å². The van der Waals surface area contributed by atoms with Crippen molar-refractivity contribution in [3.63, 3.8) is 0 Å². The first kappa shape index (κ1) is 16.3. The van der Waals surface area contributed by atoms with Gasteiger partial charge in [0.2, 0.25) is 0 Å². The van der Waals surface area contributed by atoms with E-state index >= 15 is 0 Å². The lowest BCUT2D eigenvalue weighted by Crippen LogP contribution is -2.61. The molecule has 19 heavy (non-hydrogen) atoms. The SMILES string of the molecule is CC[Si]12OC(C)CN(CC(C)O1)CC(C)O2.[3H]S(=O)I. The molecule has 0 aromatic rings. The summed E-state index contributed by atoms with van der Waals surface area (Å²) >= 11 is 1.48. The highest BCUT2D eigenvalue weighted by atomic mass is 127. The number of halogens is 1. The van der Waals surface area contributed by atoms with Gasteiger partial charge >= 0.3 is 8.80 Å². The predicted octanol–water partition coefficient (Wildman–Crippen LogP) is 1.77. The van der Waals surface area contributed by atoms with Crippen LogP contribution in [0.1, 0.15) is 27.7 Å². The Hall–Kier alpha value is 0.937. The van der Waals surface area contributed by atoms with E-state index < -0.39 is 17.5 Å². The van der Waals surface area contributed by atoms with Crippen molar-refractivity contribution in [1.82, 2.24) is 4.90 Å². The molecule has 0 spiro atoms. The zero-order chi connectivity index (χ0) is 15.3. The van der Waals surface area contributed by atoms with Crippen LogP contribution in [0.5, 0.6) is 0 Å². The van der Waals surface area contributed by atoms with Gasteiger partial charge in [0.1, 0.15) is 0 Å². The highest BCUT2D eigenvalue weighted by molar-refractivity contribution is 14.2. The third-order valence-electron chi connectivity index (χ3n) is 3.12. The number of hydrogen-bond donors (Lipinski definition) is 1. The summed E-state index contributed by atoms with van der Waals surface area (Å²) in [5.41, 5.74) is 0. The van der Waals surface area contributed by atoms with Crippen LogP contribution >= 0.6 is 21.2 Å². The van der Waals surface area contributed by atoms with Crippen molar-refractivity contribution in [2.75, 3.05) is 19.6 Å². The zero-order valence-corrected chi connectivity index (χ0v) is 15.9. The van der Waals surface area contributed by atoms with Gasteiger partial charge in [0.25, 0.3) is 0 Å². The highest BCUT2D eigenvalue weighted by Crippen LogP contribution is 2.27. The minimum absolute atomic E-state index is 0.214. The van der Waals surface area contributed by atoms with Gasteiger partial charge in [-0.05, 0) is 20.8 Å². The Kier molecular flexibility index (Phi) is 7.21. The third-order valence-corrected chi connectivity index (χ3v) is 6.27. The molecule has 4 atom stereocenters. The minimum Gasteiger partial charge on any atom is -0.369 e. The summed E-state index contributed by atoms with van der Waals surface area (Å²) in [4.78, 5) is 2.38. The monoisotopic (exact) mass is 423 g/mol. The van der Waals surface area contributed by atoms with Crippen LogP contribution in [0.3, 0.4) is 0 Å². The highest BCUT2D eigenvalue weighted by Gasteiger charge is 2.47. The molecular formula is C11H24INO4SSi. The van der Waals surface area contributed by atoms with Crippen molar-refractivity contribution < 1.29 is 17.5 Å². The number of thiol groups is 1. The molecule has 3 rings (SSSR count). The number of nitrogens with zero attached hydrogens (tertiary/aromatic N) is 1. The second kappa shape index (κ2) is 8.40. The minimum atomic E-state index is -2.42. The van der Waals surface area contributed by atoms with Gasteiger partial charge in [-0.1, -0.05) is 6.92 Å². The molecule has 3 saturated heterocycles. The van der Waals surface area contributed by atoms with Gasteiger partial charge in [-0.2, -0.15) is 0 Å². The van der Waals surface area contributed by atoms with Crippen molar-refractivity contribution >= 4 is 38.8 Å². The van der Waals surface area contributed by atoms with Gasteiger partial charge < -0.3 is 13.3 Å². The molecule has 3 fully saturated rings. The Bertz CT molecular complexity index is 302. The molecule has 0 aromatic carbocycles. The van der Waals surface area contributed by atoms with Crippen LogP contribution in [0, 0.1) is 0 Å². The maximum absolute atomic E-state index is 9.21. The maximum Gasteiger partial charge on any atom is 0.501 e. The van der Waals surface area contributed by atoms with E-state index in [1.165, 1.54) is 21.2 Å². The van der Waals surface area contributed by atoms with Crippen molar-refractivity contribution in [3.05, 3.63) is 0 Å². The summed E-state index contributed by atoms with van der Waals surface area (Å²) in [5, 5.41) is 0. The van der Waals surface area contributed by atoms with Crippen molar-refractivity contribution in [1.29, 1.82) is 1.12 Å². The van der Waals surface area contributed by atoms with E-state index in [0.717, 1.165) is 25.7 Å². The van der Waals surface area contributed by atoms with Gasteiger partial charge in [0.05, 0.1) is 27.1 Å². The van der Waals surface area contributed by atoms with Crippen LogP contribution < -0.4 is 0 Å². The smallest absolute Gasteiger partial charge is 0.369 e. The van der Waals surface area contributed by atoms with Gasteiger partial charge in [-0.15, -0.1) is 0 Å². The summed E-state index contributed by atoms with van der Waals surface area (Å²) in [7, 11) is -3.81. The van der Waals surface area contributed by atoms with Crippen LogP contribution in [0.15, 0.2) is 0 Å². The van der Waals surface area contributed by atoms with Crippen molar-refractivity contribution in [2.45, 2.75) is 52.1 Å². The summed E-state index contributed by atoms with van der Waals surface area (Å²) in [5.74, 6) is 0. The Labute approximate surface area is 133 Å². The maximum atomic E-state index is 9.21. The van der Waals surface area contributed by atoms with Crippen LogP contribution in [0.4, 0.5) is 0 Å².